The van der Waals surface area contributed by atoms with Gasteiger partial charge in [0.05, 0.1) is 52.1 Å². The molecule has 0 aromatic carbocycles. The molecular formula is C28H30F3N7O2. The molecule has 0 bridgehead atoms. The highest BCUT2D eigenvalue weighted by Crippen LogP contribution is 2.40. The molecule has 12 heteroatoms. The molecule has 1 aliphatic rings. The van der Waals surface area contributed by atoms with Gasteiger partial charge in [0, 0.05) is 25.2 Å². The second-order valence-electron chi connectivity index (χ2n) is 10.4. The summed E-state index contributed by atoms with van der Waals surface area (Å²) in [6.07, 6.45) is 1.54. The fourth-order valence-corrected chi connectivity index (χ4v) is 4.99. The van der Waals surface area contributed by atoms with Crippen molar-refractivity contribution in [3.63, 3.8) is 0 Å². The Morgan fingerprint density at radius 3 is 2.35 bits per heavy atom. The van der Waals surface area contributed by atoms with Crippen LogP contribution in [-0.4, -0.2) is 49.6 Å². The predicted octanol–water partition coefficient (Wildman–Crippen LogP) is 5.06. The Kier molecular flexibility index (Phi) is 7.95. The topological polar surface area (TPSA) is 117 Å². The van der Waals surface area contributed by atoms with Gasteiger partial charge in [-0.1, -0.05) is 13.8 Å². The molecule has 1 aliphatic carbocycles. The standard InChI is InChI=1S/C28H30F3N7O2/c1-17(2)26(40)37(4)21-9-11-27(16-32,12-10-21)23-7-6-20(14-33-23)36-25(39)22-15-35-38(18(22)3)24-8-5-19(13-34-24)28(29,30)31/h5-8,13-15,17,21H,9-12H2,1-4H3,(H,36,39). The Morgan fingerprint density at radius 1 is 1.12 bits per heavy atom. The lowest BCUT2D eigenvalue weighted by atomic mass is 9.71. The summed E-state index contributed by atoms with van der Waals surface area (Å²) in [6, 6.07) is 8.01. The molecule has 1 N–H and O–H groups in total. The van der Waals surface area contributed by atoms with Crippen LogP contribution in [0.3, 0.4) is 0 Å². The number of nitrogens with zero attached hydrogens (tertiary/aromatic N) is 6. The van der Waals surface area contributed by atoms with E-state index in [-0.39, 0.29) is 29.2 Å². The molecule has 0 aliphatic heterocycles. The van der Waals surface area contributed by atoms with E-state index in [1.165, 1.54) is 23.1 Å². The number of amides is 2. The van der Waals surface area contributed by atoms with Crippen molar-refractivity contribution in [2.75, 3.05) is 12.4 Å². The van der Waals surface area contributed by atoms with Gasteiger partial charge >= 0.3 is 6.18 Å². The number of pyridine rings is 2. The third-order valence-electron chi connectivity index (χ3n) is 7.47. The van der Waals surface area contributed by atoms with Gasteiger partial charge in [0.15, 0.2) is 5.82 Å². The number of alkyl halides is 3. The van der Waals surface area contributed by atoms with Crippen molar-refractivity contribution < 1.29 is 22.8 Å². The van der Waals surface area contributed by atoms with Crippen molar-refractivity contribution in [1.82, 2.24) is 24.6 Å². The third-order valence-corrected chi connectivity index (χ3v) is 7.47. The lowest BCUT2D eigenvalue weighted by molar-refractivity contribution is -0.138. The maximum absolute atomic E-state index is 12.9. The molecule has 3 heterocycles. The molecule has 0 spiro atoms. The van der Waals surface area contributed by atoms with Crippen molar-refractivity contribution in [1.29, 1.82) is 5.26 Å². The number of aromatic nitrogens is 4. The van der Waals surface area contributed by atoms with E-state index in [0.717, 1.165) is 6.07 Å². The summed E-state index contributed by atoms with van der Waals surface area (Å²) in [5.74, 6) is -0.328. The number of anilines is 1. The van der Waals surface area contributed by atoms with E-state index >= 15 is 0 Å². The number of halogens is 3. The van der Waals surface area contributed by atoms with Gasteiger partial charge in [-0.3, -0.25) is 14.6 Å². The van der Waals surface area contributed by atoms with Gasteiger partial charge in [0.1, 0.15) is 0 Å². The van der Waals surface area contributed by atoms with Gasteiger partial charge < -0.3 is 10.2 Å². The van der Waals surface area contributed by atoms with E-state index in [1.54, 1.807) is 24.0 Å². The fourth-order valence-electron chi connectivity index (χ4n) is 4.99. The number of rotatable bonds is 6. The molecular weight excluding hydrogens is 523 g/mol. The van der Waals surface area contributed by atoms with Crippen LogP contribution in [0.5, 0.6) is 0 Å². The average Bonchev–Trinajstić information content (AvgIpc) is 3.33. The molecule has 1 saturated carbocycles. The predicted molar refractivity (Wildman–Crippen MR) is 140 cm³/mol. The van der Waals surface area contributed by atoms with Crippen LogP contribution in [-0.2, 0) is 16.4 Å². The van der Waals surface area contributed by atoms with Crippen molar-refractivity contribution in [3.8, 4) is 11.9 Å². The monoisotopic (exact) mass is 553 g/mol. The number of carbonyl (C=O) groups is 2. The Bertz CT molecular complexity index is 1420. The van der Waals surface area contributed by atoms with Gasteiger partial charge in [-0.05, 0) is 56.9 Å². The molecule has 0 radical (unpaired) electrons. The normalized spacial score (nSPS) is 19.2. The minimum Gasteiger partial charge on any atom is -0.343 e. The SMILES string of the molecule is Cc1c(C(=O)Nc2ccc(C3(C#N)CCC(N(C)C(=O)C(C)C)CC3)nc2)cnn1-c1ccc(C(F)(F)F)cn1. The van der Waals surface area contributed by atoms with E-state index in [2.05, 4.69) is 26.5 Å². The number of nitriles is 1. The van der Waals surface area contributed by atoms with Crippen molar-refractivity contribution in [2.24, 2.45) is 5.92 Å². The minimum atomic E-state index is -4.50. The highest BCUT2D eigenvalue weighted by atomic mass is 19.4. The first kappa shape index (κ1) is 28.7. The molecule has 4 rings (SSSR count). The van der Waals surface area contributed by atoms with Gasteiger partial charge in [0.2, 0.25) is 5.91 Å². The number of hydrogen-bond acceptors (Lipinski definition) is 6. The number of carbonyl (C=O) groups excluding carboxylic acids is 2. The maximum Gasteiger partial charge on any atom is 0.417 e. The largest absolute Gasteiger partial charge is 0.417 e. The zero-order valence-corrected chi connectivity index (χ0v) is 22.7. The lowest BCUT2D eigenvalue weighted by Crippen LogP contribution is -2.44. The Labute approximate surface area is 230 Å². The third kappa shape index (κ3) is 5.68. The van der Waals surface area contributed by atoms with Crippen LogP contribution in [0.1, 0.15) is 66.8 Å². The summed E-state index contributed by atoms with van der Waals surface area (Å²) in [5, 5.41) is 16.9. The van der Waals surface area contributed by atoms with E-state index < -0.39 is 23.1 Å². The average molecular weight is 554 g/mol. The first-order valence-electron chi connectivity index (χ1n) is 12.9. The van der Waals surface area contributed by atoms with E-state index in [0.29, 0.717) is 49.0 Å². The van der Waals surface area contributed by atoms with E-state index in [9.17, 15) is 28.0 Å². The molecule has 3 aromatic rings. The Morgan fingerprint density at radius 2 is 1.82 bits per heavy atom. The molecule has 40 heavy (non-hydrogen) atoms. The lowest BCUT2D eigenvalue weighted by Gasteiger charge is -2.39. The van der Waals surface area contributed by atoms with Gasteiger partial charge in [0.25, 0.3) is 5.91 Å². The molecule has 9 nitrogen and oxygen atoms in total. The second-order valence-corrected chi connectivity index (χ2v) is 10.4. The van der Waals surface area contributed by atoms with Crippen LogP contribution in [0, 0.1) is 24.2 Å². The van der Waals surface area contributed by atoms with Gasteiger partial charge in [-0.15, -0.1) is 0 Å². The summed E-state index contributed by atoms with van der Waals surface area (Å²) < 4.78 is 39.8. The molecule has 0 saturated heterocycles. The summed E-state index contributed by atoms with van der Waals surface area (Å²) in [5.41, 5.74) is -0.00483. The Balaban J connectivity index is 1.43. The van der Waals surface area contributed by atoms with Gasteiger partial charge in [-0.25, -0.2) is 9.67 Å². The molecule has 0 atom stereocenters. The summed E-state index contributed by atoms with van der Waals surface area (Å²) in [4.78, 5) is 35.4. The minimum absolute atomic E-state index is 0.0804. The summed E-state index contributed by atoms with van der Waals surface area (Å²) >= 11 is 0. The maximum atomic E-state index is 12.9. The van der Waals surface area contributed by atoms with Crippen LogP contribution >= 0.6 is 0 Å². The molecule has 3 aromatic heterocycles. The van der Waals surface area contributed by atoms with Gasteiger partial charge in [-0.2, -0.15) is 23.5 Å². The first-order valence-corrected chi connectivity index (χ1v) is 12.9. The highest BCUT2D eigenvalue weighted by Gasteiger charge is 2.40. The van der Waals surface area contributed by atoms with Crippen molar-refractivity contribution in [3.05, 3.63) is 65.4 Å². The highest BCUT2D eigenvalue weighted by molar-refractivity contribution is 6.04. The number of nitrogens with one attached hydrogen (secondary N) is 1. The fraction of sp³-hybridized carbons (Fsp3) is 0.429. The van der Waals surface area contributed by atoms with Crippen LogP contribution in [0.15, 0.2) is 42.9 Å². The Hall–Kier alpha value is -4.27. The van der Waals surface area contributed by atoms with E-state index in [4.69, 9.17) is 0 Å². The molecule has 2 amide bonds. The number of hydrogen-bond donors (Lipinski definition) is 1. The van der Waals surface area contributed by atoms with E-state index in [1.807, 2.05) is 20.9 Å². The summed E-state index contributed by atoms with van der Waals surface area (Å²) in [7, 11) is 1.81. The molecule has 210 valence electrons. The zero-order chi connectivity index (χ0) is 29.2. The van der Waals surface area contributed by atoms with Crippen LogP contribution in [0.25, 0.3) is 5.82 Å². The van der Waals surface area contributed by atoms with Crippen molar-refractivity contribution in [2.45, 2.75) is 64.1 Å². The molecule has 1 fully saturated rings. The first-order chi connectivity index (χ1) is 18.9. The smallest absolute Gasteiger partial charge is 0.343 e. The quantitative estimate of drug-likeness (QED) is 0.456. The van der Waals surface area contributed by atoms with Crippen LogP contribution < -0.4 is 5.32 Å². The van der Waals surface area contributed by atoms with Crippen molar-refractivity contribution >= 4 is 17.5 Å². The molecule has 0 unspecified atom stereocenters. The van der Waals surface area contributed by atoms with Crippen LogP contribution in [0.4, 0.5) is 18.9 Å². The summed E-state index contributed by atoms with van der Waals surface area (Å²) in [6.45, 7) is 5.35. The zero-order valence-electron chi connectivity index (χ0n) is 22.7. The second kappa shape index (κ2) is 11.1. The van der Waals surface area contributed by atoms with Crippen LogP contribution in [0.2, 0.25) is 0 Å².